The van der Waals surface area contributed by atoms with E-state index in [9.17, 15) is 4.79 Å². The molecule has 5 rings (SSSR count). The van der Waals surface area contributed by atoms with E-state index in [1.165, 1.54) is 11.1 Å². The van der Waals surface area contributed by atoms with E-state index in [0.717, 1.165) is 47.9 Å². The molecular weight excluding hydrogens is 334 g/mol. The summed E-state index contributed by atoms with van der Waals surface area (Å²) in [6, 6.07) is 15.1. The fourth-order valence-electron chi connectivity index (χ4n) is 4.08. The van der Waals surface area contributed by atoms with Gasteiger partial charge in [-0.1, -0.05) is 29.8 Å². The number of aromatic nitrogens is 1. The van der Waals surface area contributed by atoms with E-state index in [4.69, 9.17) is 4.74 Å². The minimum atomic E-state index is 0.282. The Morgan fingerprint density at radius 3 is 2.63 bits per heavy atom. The maximum Gasteiger partial charge on any atom is 0.140 e. The van der Waals surface area contributed by atoms with Gasteiger partial charge in [-0.15, -0.1) is 0 Å². The lowest BCUT2D eigenvalue weighted by atomic mass is 9.77. The molecule has 2 aromatic carbocycles. The van der Waals surface area contributed by atoms with Crippen molar-refractivity contribution < 1.29 is 9.53 Å². The van der Waals surface area contributed by atoms with Crippen molar-refractivity contribution in [3.05, 3.63) is 65.4 Å². The van der Waals surface area contributed by atoms with Crippen molar-refractivity contribution in [1.82, 2.24) is 4.98 Å². The summed E-state index contributed by atoms with van der Waals surface area (Å²) >= 11 is 0. The predicted octanol–water partition coefficient (Wildman–Crippen LogP) is 5.32. The highest BCUT2D eigenvalue weighted by Crippen LogP contribution is 2.40. The topological polar surface area (TPSA) is 42.1 Å². The van der Waals surface area contributed by atoms with Gasteiger partial charge in [0.1, 0.15) is 11.5 Å². The predicted molar refractivity (Wildman–Crippen MR) is 107 cm³/mol. The summed E-state index contributed by atoms with van der Waals surface area (Å²) in [4.78, 5) is 15.5. The average molecular weight is 359 g/mol. The number of hydrogen-bond acceptors (Lipinski definition) is 2. The van der Waals surface area contributed by atoms with Crippen LogP contribution >= 0.6 is 0 Å². The maximum absolute atomic E-state index is 12.2. The number of ether oxygens (including phenoxy) is 1. The molecule has 0 amide bonds. The molecule has 0 aliphatic heterocycles. The molecule has 2 fully saturated rings. The Balaban J connectivity index is 1.25. The first-order valence-electron chi connectivity index (χ1n) is 10.0. The van der Waals surface area contributed by atoms with Crippen LogP contribution in [-0.2, 0) is 11.2 Å². The third kappa shape index (κ3) is 3.39. The number of ketones is 1. The van der Waals surface area contributed by atoms with Crippen molar-refractivity contribution in [3.63, 3.8) is 0 Å². The Kier molecular flexibility index (Phi) is 4.04. The molecule has 1 heterocycles. The molecule has 0 radical (unpaired) electrons. The van der Waals surface area contributed by atoms with Crippen molar-refractivity contribution in [3.8, 4) is 5.75 Å². The molecule has 0 spiro atoms. The molecule has 2 aliphatic carbocycles. The third-order valence-corrected chi connectivity index (χ3v) is 6.08. The number of Topliss-reactive ketones (excluding diaryl/α,β-unsaturated/α-hetero) is 1. The van der Waals surface area contributed by atoms with Crippen molar-refractivity contribution in [2.45, 2.75) is 51.0 Å². The zero-order chi connectivity index (χ0) is 18.4. The second-order valence-electron chi connectivity index (χ2n) is 8.26. The van der Waals surface area contributed by atoms with Crippen LogP contribution in [0.1, 0.15) is 48.3 Å². The molecule has 27 heavy (non-hydrogen) atoms. The summed E-state index contributed by atoms with van der Waals surface area (Å²) in [6.45, 7) is 2.13. The summed E-state index contributed by atoms with van der Waals surface area (Å²) in [5.41, 5.74) is 4.90. The average Bonchev–Trinajstić information content (AvgIpc) is 3.42. The Hall–Kier alpha value is -2.55. The third-order valence-electron chi connectivity index (χ3n) is 6.08. The summed E-state index contributed by atoms with van der Waals surface area (Å²) < 4.78 is 6.22. The maximum atomic E-state index is 12.2. The van der Waals surface area contributed by atoms with E-state index in [-0.39, 0.29) is 6.10 Å². The van der Waals surface area contributed by atoms with Crippen LogP contribution in [0, 0.1) is 12.8 Å². The van der Waals surface area contributed by atoms with Gasteiger partial charge in [0.2, 0.25) is 0 Å². The van der Waals surface area contributed by atoms with Gasteiger partial charge in [0.05, 0.1) is 6.10 Å². The highest BCUT2D eigenvalue weighted by atomic mass is 16.5. The van der Waals surface area contributed by atoms with Gasteiger partial charge in [0.25, 0.3) is 0 Å². The Morgan fingerprint density at radius 1 is 1.11 bits per heavy atom. The van der Waals surface area contributed by atoms with E-state index >= 15 is 0 Å². The van der Waals surface area contributed by atoms with Gasteiger partial charge in [-0.05, 0) is 67.9 Å². The number of rotatable bonds is 6. The molecule has 1 aromatic heterocycles. The zero-order valence-corrected chi connectivity index (χ0v) is 15.7. The molecule has 1 N–H and O–H groups in total. The molecule has 3 heteroatoms. The van der Waals surface area contributed by atoms with Crippen molar-refractivity contribution in [2.75, 3.05) is 0 Å². The molecular formula is C24H25NO2. The number of H-pyrrole nitrogens is 1. The normalized spacial score (nSPS) is 21.8. The van der Waals surface area contributed by atoms with Crippen LogP contribution in [0.2, 0.25) is 0 Å². The number of aromatic amines is 1. The molecule has 0 saturated heterocycles. The van der Waals surface area contributed by atoms with E-state index in [2.05, 4.69) is 48.3 Å². The SMILES string of the molecule is Cc1ccc(C2CC(Oc3ccc4[nH]cc(CC(=O)C5CC5)c4c3)C2)cc1. The summed E-state index contributed by atoms with van der Waals surface area (Å²) in [7, 11) is 0. The Bertz CT molecular complexity index is 975. The van der Waals surface area contributed by atoms with Gasteiger partial charge in [0.15, 0.2) is 0 Å². The van der Waals surface area contributed by atoms with Gasteiger partial charge >= 0.3 is 0 Å². The van der Waals surface area contributed by atoms with E-state index in [1.54, 1.807) is 0 Å². The standard InChI is InChI=1S/C24H25NO2/c1-15-2-4-16(5-3-15)18-10-21(11-18)27-20-8-9-23-22(13-20)19(14-25-23)12-24(26)17-6-7-17/h2-5,8-9,13-14,17-18,21,25H,6-7,10-12H2,1H3. The van der Waals surface area contributed by atoms with Crippen LogP contribution in [-0.4, -0.2) is 16.9 Å². The zero-order valence-electron chi connectivity index (χ0n) is 15.7. The number of hydrogen-bond donors (Lipinski definition) is 1. The molecule has 2 aliphatic rings. The smallest absolute Gasteiger partial charge is 0.140 e. The fraction of sp³-hybridized carbons (Fsp3) is 0.375. The largest absolute Gasteiger partial charge is 0.490 e. The lowest BCUT2D eigenvalue weighted by Crippen LogP contribution is -2.32. The van der Waals surface area contributed by atoms with E-state index < -0.39 is 0 Å². The number of fused-ring (bicyclic) bond motifs is 1. The first kappa shape index (κ1) is 16.6. The summed E-state index contributed by atoms with van der Waals surface area (Å²) in [6.07, 6.45) is 7.07. The second-order valence-corrected chi connectivity index (χ2v) is 8.26. The fourth-order valence-corrected chi connectivity index (χ4v) is 4.08. The summed E-state index contributed by atoms with van der Waals surface area (Å²) in [5, 5.41) is 1.12. The second kappa shape index (κ2) is 6.56. The lowest BCUT2D eigenvalue weighted by molar-refractivity contribution is -0.119. The van der Waals surface area contributed by atoms with Crippen LogP contribution in [0.4, 0.5) is 0 Å². The molecule has 138 valence electrons. The van der Waals surface area contributed by atoms with Gasteiger partial charge in [-0.25, -0.2) is 0 Å². The van der Waals surface area contributed by atoms with Crippen LogP contribution in [0.5, 0.6) is 5.75 Å². The number of carbonyl (C=O) groups is 1. The van der Waals surface area contributed by atoms with Crippen LogP contribution in [0.3, 0.4) is 0 Å². The van der Waals surface area contributed by atoms with Crippen LogP contribution in [0.25, 0.3) is 10.9 Å². The Labute approximate surface area is 159 Å². The Morgan fingerprint density at radius 2 is 1.89 bits per heavy atom. The monoisotopic (exact) mass is 359 g/mol. The lowest BCUT2D eigenvalue weighted by Gasteiger charge is -2.35. The molecule has 2 saturated carbocycles. The highest BCUT2D eigenvalue weighted by Gasteiger charge is 2.32. The molecule has 0 bridgehead atoms. The number of carbonyl (C=O) groups excluding carboxylic acids is 1. The minimum absolute atomic E-state index is 0.282. The van der Waals surface area contributed by atoms with E-state index in [1.807, 2.05) is 12.3 Å². The molecule has 3 aromatic rings. The number of nitrogens with one attached hydrogen (secondary N) is 1. The van der Waals surface area contributed by atoms with Gasteiger partial charge in [-0.3, -0.25) is 4.79 Å². The van der Waals surface area contributed by atoms with Crippen LogP contribution in [0.15, 0.2) is 48.7 Å². The van der Waals surface area contributed by atoms with Crippen molar-refractivity contribution in [2.24, 2.45) is 5.92 Å². The quantitative estimate of drug-likeness (QED) is 0.647. The van der Waals surface area contributed by atoms with Gasteiger partial charge in [0, 0.05) is 29.4 Å². The molecule has 3 nitrogen and oxygen atoms in total. The van der Waals surface area contributed by atoms with Crippen molar-refractivity contribution >= 4 is 16.7 Å². The first-order chi connectivity index (χ1) is 13.2. The van der Waals surface area contributed by atoms with Gasteiger partial charge in [-0.2, -0.15) is 0 Å². The number of benzene rings is 2. The van der Waals surface area contributed by atoms with Gasteiger partial charge < -0.3 is 9.72 Å². The molecule has 0 atom stereocenters. The van der Waals surface area contributed by atoms with E-state index in [0.29, 0.717) is 24.0 Å². The highest BCUT2D eigenvalue weighted by molar-refractivity contribution is 5.92. The molecule has 0 unspecified atom stereocenters. The van der Waals surface area contributed by atoms with Crippen molar-refractivity contribution in [1.29, 1.82) is 0 Å². The number of aryl methyl sites for hydroxylation is 1. The van der Waals surface area contributed by atoms with Crippen LogP contribution < -0.4 is 4.74 Å². The summed E-state index contributed by atoms with van der Waals surface area (Å²) in [5.74, 6) is 2.21. The minimum Gasteiger partial charge on any atom is -0.490 e. The first-order valence-corrected chi connectivity index (χ1v) is 10.0.